The summed E-state index contributed by atoms with van der Waals surface area (Å²) in [4.78, 5) is 50.7. The van der Waals surface area contributed by atoms with E-state index in [1.807, 2.05) is 0 Å². The van der Waals surface area contributed by atoms with Crippen molar-refractivity contribution in [1.82, 2.24) is 16.0 Å². The monoisotopic (exact) mass is 1000 g/mol. The lowest BCUT2D eigenvalue weighted by atomic mass is 9.93. The number of ether oxygens (including phenoxy) is 10. The minimum atomic E-state index is -2.26. The van der Waals surface area contributed by atoms with Gasteiger partial charge in [-0.2, -0.15) is 0 Å². The minimum Gasteiger partial charge on any atom is -0.479 e. The van der Waals surface area contributed by atoms with E-state index in [1.54, 1.807) is 0 Å². The van der Waals surface area contributed by atoms with Crippen molar-refractivity contribution in [3.8, 4) is 0 Å². The maximum absolute atomic E-state index is 13.2. The molecule has 5 aliphatic heterocycles. The van der Waals surface area contributed by atoms with Crippen LogP contribution in [-0.2, 0) is 66.5 Å². The second kappa shape index (κ2) is 25.2. The Bertz CT molecular complexity index is 1690. The molecule has 0 aliphatic carbocycles. The number of carbonyl (C=O) groups is 4. The Hall–Kier alpha value is -2.92. The van der Waals surface area contributed by atoms with Crippen LogP contribution in [0.5, 0.6) is 0 Å². The van der Waals surface area contributed by atoms with E-state index >= 15 is 0 Å². The number of unbranched alkanes of at least 4 members (excludes halogenated alkanes) is 2. The van der Waals surface area contributed by atoms with Gasteiger partial charge in [0.15, 0.2) is 37.6 Å². The number of aliphatic hydroxyl groups is 9. The molecular weight excluding hydrogens is 932 g/mol. The fourth-order valence-electron chi connectivity index (χ4n) is 8.81. The van der Waals surface area contributed by atoms with Crippen LogP contribution in [0.15, 0.2) is 0 Å². The van der Waals surface area contributed by atoms with Crippen LogP contribution in [0.25, 0.3) is 0 Å². The zero-order valence-electron chi connectivity index (χ0n) is 38.9. The van der Waals surface area contributed by atoms with Gasteiger partial charge in [-0.15, -0.1) is 0 Å². The summed E-state index contributed by atoms with van der Waals surface area (Å²) in [5.74, 6) is -3.91. The SMILES string of the molecule is CC(=O)NC1C(O[C@@H]2OC(C)[C@@H](O[C@@H]3OC(CO)[C@@H](O)C(O)C3O)C(O[C@@H]3OC(C(=O)O)[C@@H](O)C(O)C3O[C@@H]3OC(C)[C@@H](O)C(O)[C@@H]3NC(C)=O)C2NC(C)=O)[C@H](O)C(C)O[C@H]1OCCCCCN. The van der Waals surface area contributed by atoms with Crippen molar-refractivity contribution in [3.63, 3.8) is 0 Å². The molecule has 0 spiro atoms. The summed E-state index contributed by atoms with van der Waals surface area (Å²) in [6.45, 7) is 7.31. The molecule has 69 heavy (non-hydrogen) atoms. The van der Waals surface area contributed by atoms with E-state index in [0.29, 0.717) is 25.8 Å². The quantitative estimate of drug-likeness (QED) is 0.0535. The highest BCUT2D eigenvalue weighted by molar-refractivity contribution is 5.74. The minimum absolute atomic E-state index is 0.146. The fraction of sp³-hybridized carbons (Fsp3) is 0.902. The van der Waals surface area contributed by atoms with E-state index in [-0.39, 0.29) is 6.61 Å². The summed E-state index contributed by atoms with van der Waals surface area (Å²) in [6.07, 6.45) is -36.4. The summed E-state index contributed by atoms with van der Waals surface area (Å²) < 4.78 is 60.7. The Morgan fingerprint density at radius 2 is 1.01 bits per heavy atom. The average Bonchev–Trinajstić information content (AvgIpc) is 3.28. The number of aliphatic carboxylic acids is 1. The molecule has 0 radical (unpaired) electrons. The van der Waals surface area contributed by atoms with Crippen LogP contribution in [0.2, 0.25) is 0 Å². The smallest absolute Gasteiger partial charge is 0.335 e. The molecule has 5 saturated heterocycles. The van der Waals surface area contributed by atoms with Gasteiger partial charge in [-0.3, -0.25) is 14.4 Å². The first-order valence-electron chi connectivity index (χ1n) is 22.8. The maximum atomic E-state index is 13.2. The molecule has 0 aromatic rings. The second-order valence-electron chi connectivity index (χ2n) is 17.8. The zero-order chi connectivity index (χ0) is 51.2. The molecule has 28 nitrogen and oxygen atoms in total. The molecule has 5 aliphatic rings. The molecule has 5 heterocycles. The van der Waals surface area contributed by atoms with Crippen molar-refractivity contribution in [2.75, 3.05) is 19.8 Å². The van der Waals surface area contributed by atoms with Crippen LogP contribution in [0.3, 0.4) is 0 Å². The molecule has 5 fully saturated rings. The summed E-state index contributed by atoms with van der Waals surface area (Å²) >= 11 is 0. The van der Waals surface area contributed by atoms with Crippen LogP contribution < -0.4 is 21.7 Å². The van der Waals surface area contributed by atoms with Gasteiger partial charge >= 0.3 is 5.97 Å². The Morgan fingerprint density at radius 1 is 0.493 bits per heavy atom. The first-order valence-corrected chi connectivity index (χ1v) is 22.8. The first-order chi connectivity index (χ1) is 32.5. The number of nitrogens with two attached hydrogens (primary N) is 1. The molecule has 15 N–H and O–H groups in total. The second-order valence-corrected chi connectivity index (χ2v) is 17.8. The third-order valence-electron chi connectivity index (χ3n) is 12.5. The van der Waals surface area contributed by atoms with Crippen molar-refractivity contribution >= 4 is 23.7 Å². The van der Waals surface area contributed by atoms with Gasteiger partial charge in [0, 0.05) is 27.4 Å². The van der Waals surface area contributed by atoms with Crippen molar-refractivity contribution in [2.24, 2.45) is 5.73 Å². The van der Waals surface area contributed by atoms with Gasteiger partial charge in [0.05, 0.1) is 24.9 Å². The summed E-state index contributed by atoms with van der Waals surface area (Å²) in [7, 11) is 0. The van der Waals surface area contributed by atoms with Crippen LogP contribution in [0, 0.1) is 0 Å². The van der Waals surface area contributed by atoms with Gasteiger partial charge in [-0.25, -0.2) is 4.79 Å². The zero-order valence-corrected chi connectivity index (χ0v) is 38.9. The van der Waals surface area contributed by atoms with E-state index in [1.165, 1.54) is 27.7 Å². The number of rotatable bonds is 19. The Balaban J connectivity index is 1.60. The van der Waals surface area contributed by atoms with Crippen molar-refractivity contribution < 1.29 is 118 Å². The van der Waals surface area contributed by atoms with Crippen LogP contribution in [0.1, 0.15) is 60.8 Å². The lowest BCUT2D eigenvalue weighted by Crippen LogP contribution is -2.71. The Morgan fingerprint density at radius 3 is 1.61 bits per heavy atom. The lowest BCUT2D eigenvalue weighted by Gasteiger charge is -2.52. The van der Waals surface area contributed by atoms with Gasteiger partial charge in [0.25, 0.3) is 0 Å². The Kier molecular flexibility index (Phi) is 20.8. The maximum Gasteiger partial charge on any atom is 0.335 e. The first kappa shape index (κ1) is 57.0. The standard InChI is InChI=1S/C41H70N4O24/c1-13-23(50)26(53)20(43-16(4)47)38(62-13)69-35-29(56)28(55)34(36(58)59)68-41(35)67-33-22(45-18(6)49)39(63-15(3)31(33)65-40-30(57)27(54)25(52)19(12-46)64-40)66-32-21(44-17(5)48)37(61-14(2)24(32)51)60-11-9-7-8-10-42/h13-15,19-35,37-41,46,50-57H,7-12,42H2,1-6H3,(H,43,47)(H,44,48)(H,45,49)(H,58,59)/t13?,14?,15?,19?,20-,21?,22?,23+,24+,25+,26?,27?,28-,29?,30?,31+,32?,33?,34?,35?,37+,38-,39-,40-,41+/m0/s1. The highest BCUT2D eigenvalue weighted by atomic mass is 16.8. The predicted molar refractivity (Wildman–Crippen MR) is 224 cm³/mol. The molecule has 25 atom stereocenters. The topological polar surface area (TPSA) is 425 Å². The molecule has 14 unspecified atom stereocenters. The highest BCUT2D eigenvalue weighted by Crippen LogP contribution is 2.37. The van der Waals surface area contributed by atoms with E-state index in [2.05, 4.69) is 16.0 Å². The highest BCUT2D eigenvalue weighted by Gasteiger charge is 2.58. The lowest BCUT2D eigenvalue weighted by molar-refractivity contribution is -0.388. The molecule has 398 valence electrons. The molecule has 0 saturated carbocycles. The van der Waals surface area contributed by atoms with Gasteiger partial charge in [0.2, 0.25) is 17.7 Å². The van der Waals surface area contributed by atoms with Gasteiger partial charge in [0.1, 0.15) is 97.5 Å². The van der Waals surface area contributed by atoms with Crippen LogP contribution in [0.4, 0.5) is 0 Å². The molecule has 5 rings (SSSR count). The molecule has 3 amide bonds. The van der Waals surface area contributed by atoms with Crippen molar-refractivity contribution in [3.05, 3.63) is 0 Å². The Labute approximate surface area is 396 Å². The van der Waals surface area contributed by atoms with E-state index in [9.17, 15) is 70.2 Å². The number of carboxylic acids is 1. The number of hydrogen-bond donors (Lipinski definition) is 14. The number of carbonyl (C=O) groups excluding carboxylic acids is 3. The molecular formula is C41H70N4O24. The van der Waals surface area contributed by atoms with E-state index < -0.39 is 184 Å². The number of aliphatic hydroxyl groups excluding tert-OH is 9. The van der Waals surface area contributed by atoms with Gasteiger partial charge in [-0.1, -0.05) is 0 Å². The number of carboxylic acid groups (broad SMARTS) is 1. The van der Waals surface area contributed by atoms with Crippen molar-refractivity contribution in [1.29, 1.82) is 0 Å². The van der Waals surface area contributed by atoms with Crippen LogP contribution in [-0.4, -0.2) is 248 Å². The average molecular weight is 1000 g/mol. The fourth-order valence-corrected chi connectivity index (χ4v) is 8.81. The number of hydrogen-bond acceptors (Lipinski definition) is 24. The largest absolute Gasteiger partial charge is 0.479 e. The van der Waals surface area contributed by atoms with Gasteiger partial charge in [-0.05, 0) is 46.6 Å². The summed E-state index contributed by atoms with van der Waals surface area (Å²) in [5, 5.41) is 116. The van der Waals surface area contributed by atoms with Crippen LogP contribution >= 0.6 is 0 Å². The summed E-state index contributed by atoms with van der Waals surface area (Å²) in [6, 6.07) is -4.51. The molecule has 0 aromatic heterocycles. The molecule has 28 heteroatoms. The third-order valence-corrected chi connectivity index (χ3v) is 12.5. The number of amides is 3. The molecule has 0 bridgehead atoms. The number of nitrogens with one attached hydrogen (secondary N) is 3. The van der Waals surface area contributed by atoms with E-state index in [0.717, 1.165) is 13.8 Å². The predicted octanol–water partition coefficient (Wildman–Crippen LogP) is -7.16. The molecule has 0 aromatic carbocycles. The van der Waals surface area contributed by atoms with Crippen molar-refractivity contribution in [2.45, 2.75) is 214 Å². The summed E-state index contributed by atoms with van der Waals surface area (Å²) in [5.41, 5.74) is 5.63. The third kappa shape index (κ3) is 13.6. The normalized spacial score (nSPS) is 45.0. The van der Waals surface area contributed by atoms with E-state index in [4.69, 9.17) is 53.1 Å². The van der Waals surface area contributed by atoms with Gasteiger partial charge < -0.3 is 120 Å².